The van der Waals surface area contributed by atoms with E-state index in [1.807, 2.05) is 56.3 Å². The molecule has 1 heterocycles. The fraction of sp³-hybridized carbons (Fsp3) is 0.227. The lowest BCUT2D eigenvalue weighted by Gasteiger charge is -2.20. The number of pyridine rings is 1. The Labute approximate surface area is 164 Å². The van der Waals surface area contributed by atoms with E-state index in [4.69, 9.17) is 22.1 Å². The summed E-state index contributed by atoms with van der Waals surface area (Å²) in [6.45, 7) is 3.93. The molecule has 0 amide bonds. The second kappa shape index (κ2) is 8.42. The maximum atomic E-state index is 10.2. The van der Waals surface area contributed by atoms with Crippen LogP contribution < -0.4 is 10.5 Å². The normalized spacial score (nSPS) is 13.2. The lowest BCUT2D eigenvalue weighted by molar-refractivity contribution is 0.144. The van der Waals surface area contributed by atoms with Crippen molar-refractivity contribution in [1.82, 2.24) is 4.98 Å². The zero-order valence-corrected chi connectivity index (χ0v) is 16.1. The van der Waals surface area contributed by atoms with Crippen LogP contribution in [0.25, 0.3) is 11.1 Å². The Morgan fingerprint density at radius 1 is 1.15 bits per heavy atom. The number of halogens is 1. The zero-order valence-electron chi connectivity index (χ0n) is 15.4. The van der Waals surface area contributed by atoms with Crippen LogP contribution in [0.1, 0.15) is 31.7 Å². The van der Waals surface area contributed by atoms with Crippen LogP contribution in [0.4, 0.5) is 5.69 Å². The van der Waals surface area contributed by atoms with Gasteiger partial charge in [0.25, 0.3) is 0 Å². The Balaban J connectivity index is 1.83. The second-order valence-corrected chi connectivity index (χ2v) is 6.95. The molecular weight excluding hydrogens is 360 g/mol. The van der Waals surface area contributed by atoms with E-state index in [2.05, 4.69) is 4.98 Å². The highest BCUT2D eigenvalue weighted by atomic mass is 35.5. The van der Waals surface area contributed by atoms with Crippen LogP contribution in [0.5, 0.6) is 11.5 Å². The van der Waals surface area contributed by atoms with E-state index in [1.165, 1.54) is 0 Å². The fourth-order valence-corrected chi connectivity index (χ4v) is 3.28. The van der Waals surface area contributed by atoms with Crippen LogP contribution in [-0.4, -0.2) is 16.2 Å². The lowest BCUT2D eigenvalue weighted by Crippen LogP contribution is -2.15. The Hall–Kier alpha value is -2.56. The molecule has 27 heavy (non-hydrogen) atoms. The molecule has 0 saturated carbocycles. The summed E-state index contributed by atoms with van der Waals surface area (Å²) >= 11 is 6.29. The number of aliphatic hydroxyl groups is 1. The first-order valence-corrected chi connectivity index (χ1v) is 9.32. The standard InChI is InChI=1S/C22H23ClN2O2/c1-3-21(26)14(2)19-13-25-11-10-22(19)27-17-7-4-15(5-8-17)18-9-6-16(24)12-20(18)23/h4-14,21,26H,3,24H2,1-2H3/t14-,21+/m0/s1. The van der Waals surface area contributed by atoms with Crippen molar-refractivity contribution >= 4 is 17.3 Å². The van der Waals surface area contributed by atoms with Crippen molar-refractivity contribution < 1.29 is 9.84 Å². The SMILES string of the molecule is CC[C@@H](O)[C@@H](C)c1cnccc1Oc1ccc(-c2ccc(N)cc2Cl)cc1. The largest absolute Gasteiger partial charge is 0.457 e. The van der Waals surface area contributed by atoms with E-state index in [0.29, 0.717) is 28.6 Å². The third kappa shape index (κ3) is 4.41. The van der Waals surface area contributed by atoms with Crippen LogP contribution in [0.2, 0.25) is 5.02 Å². The predicted octanol–water partition coefficient (Wildman–Crippen LogP) is 5.65. The number of benzene rings is 2. The summed E-state index contributed by atoms with van der Waals surface area (Å²) < 4.78 is 6.06. The summed E-state index contributed by atoms with van der Waals surface area (Å²) in [5.74, 6) is 1.34. The molecule has 3 aromatic rings. The molecule has 0 unspecified atom stereocenters. The number of ether oxygens (including phenoxy) is 1. The Bertz CT molecular complexity index is 912. The second-order valence-electron chi connectivity index (χ2n) is 6.54. The van der Waals surface area contributed by atoms with E-state index in [-0.39, 0.29) is 5.92 Å². The van der Waals surface area contributed by atoms with Crippen molar-refractivity contribution in [2.24, 2.45) is 0 Å². The van der Waals surface area contributed by atoms with Gasteiger partial charge in [-0.2, -0.15) is 0 Å². The third-order valence-corrected chi connectivity index (χ3v) is 5.00. The molecule has 0 radical (unpaired) electrons. The minimum absolute atomic E-state index is 0.0634. The van der Waals surface area contributed by atoms with Gasteiger partial charge in [-0.3, -0.25) is 4.98 Å². The maximum Gasteiger partial charge on any atom is 0.134 e. The monoisotopic (exact) mass is 382 g/mol. The van der Waals surface area contributed by atoms with Crippen LogP contribution in [-0.2, 0) is 0 Å². The summed E-state index contributed by atoms with van der Waals surface area (Å²) in [5.41, 5.74) is 9.18. The number of hydrogen-bond acceptors (Lipinski definition) is 4. The van der Waals surface area contributed by atoms with Gasteiger partial charge >= 0.3 is 0 Å². The number of nitrogens with zero attached hydrogens (tertiary/aromatic N) is 1. The van der Waals surface area contributed by atoms with Gasteiger partial charge in [0, 0.05) is 35.1 Å². The molecule has 4 nitrogen and oxygen atoms in total. The van der Waals surface area contributed by atoms with Crippen molar-refractivity contribution in [2.45, 2.75) is 32.3 Å². The molecule has 140 valence electrons. The first-order valence-electron chi connectivity index (χ1n) is 8.95. The van der Waals surface area contributed by atoms with Crippen molar-refractivity contribution in [3.05, 3.63) is 71.5 Å². The number of nitrogens with two attached hydrogens (primary N) is 1. The molecule has 0 aliphatic carbocycles. The zero-order chi connectivity index (χ0) is 19.4. The van der Waals surface area contributed by atoms with Crippen LogP contribution in [0, 0.1) is 0 Å². The molecule has 2 aromatic carbocycles. The van der Waals surface area contributed by atoms with E-state index >= 15 is 0 Å². The topological polar surface area (TPSA) is 68.4 Å². The molecule has 2 atom stereocenters. The van der Waals surface area contributed by atoms with Gasteiger partial charge in [-0.1, -0.05) is 43.6 Å². The van der Waals surface area contributed by atoms with Crippen LogP contribution in [0.15, 0.2) is 60.9 Å². The van der Waals surface area contributed by atoms with Gasteiger partial charge in [0.2, 0.25) is 0 Å². The molecule has 0 saturated heterocycles. The minimum atomic E-state index is -0.438. The molecule has 0 bridgehead atoms. The van der Waals surface area contributed by atoms with E-state index in [9.17, 15) is 5.11 Å². The molecule has 5 heteroatoms. The first kappa shape index (κ1) is 19.2. The molecule has 0 fully saturated rings. The average molecular weight is 383 g/mol. The van der Waals surface area contributed by atoms with Gasteiger partial charge in [-0.05, 0) is 42.3 Å². The number of hydrogen-bond donors (Lipinski definition) is 2. The molecule has 0 spiro atoms. The highest BCUT2D eigenvalue weighted by Crippen LogP contribution is 2.34. The van der Waals surface area contributed by atoms with Gasteiger partial charge in [-0.15, -0.1) is 0 Å². The highest BCUT2D eigenvalue weighted by Gasteiger charge is 2.19. The Morgan fingerprint density at radius 3 is 2.56 bits per heavy atom. The van der Waals surface area contributed by atoms with Gasteiger partial charge in [-0.25, -0.2) is 0 Å². The average Bonchev–Trinajstić information content (AvgIpc) is 2.68. The highest BCUT2D eigenvalue weighted by molar-refractivity contribution is 6.33. The number of aliphatic hydroxyl groups excluding tert-OH is 1. The van der Waals surface area contributed by atoms with Gasteiger partial charge < -0.3 is 15.6 Å². The summed E-state index contributed by atoms with van der Waals surface area (Å²) in [7, 11) is 0. The van der Waals surface area contributed by atoms with Gasteiger partial charge in [0.15, 0.2) is 0 Å². The minimum Gasteiger partial charge on any atom is -0.457 e. The quantitative estimate of drug-likeness (QED) is 0.540. The molecule has 0 aliphatic heterocycles. The first-order chi connectivity index (χ1) is 13.0. The van der Waals surface area contributed by atoms with Crippen LogP contribution >= 0.6 is 11.6 Å². The number of anilines is 1. The summed E-state index contributed by atoms with van der Waals surface area (Å²) in [4.78, 5) is 4.18. The summed E-state index contributed by atoms with van der Waals surface area (Å²) in [6, 6.07) is 15.0. The Morgan fingerprint density at radius 2 is 1.89 bits per heavy atom. The number of rotatable bonds is 6. The van der Waals surface area contributed by atoms with Crippen molar-refractivity contribution in [2.75, 3.05) is 5.73 Å². The van der Waals surface area contributed by atoms with Gasteiger partial charge in [0.1, 0.15) is 11.5 Å². The summed E-state index contributed by atoms with van der Waals surface area (Å²) in [5, 5.41) is 10.8. The van der Waals surface area contributed by atoms with E-state index < -0.39 is 6.10 Å². The maximum absolute atomic E-state index is 10.2. The predicted molar refractivity (Wildman–Crippen MR) is 110 cm³/mol. The van der Waals surface area contributed by atoms with Crippen molar-refractivity contribution in [1.29, 1.82) is 0 Å². The smallest absolute Gasteiger partial charge is 0.134 e. The molecule has 3 rings (SSSR count). The van der Waals surface area contributed by atoms with Gasteiger partial charge in [0.05, 0.1) is 11.1 Å². The lowest BCUT2D eigenvalue weighted by atomic mass is 9.94. The Kier molecular flexibility index (Phi) is 5.99. The van der Waals surface area contributed by atoms with Crippen molar-refractivity contribution in [3.63, 3.8) is 0 Å². The number of nitrogen functional groups attached to an aromatic ring is 1. The molecule has 1 aromatic heterocycles. The van der Waals surface area contributed by atoms with E-state index in [0.717, 1.165) is 16.7 Å². The third-order valence-electron chi connectivity index (χ3n) is 4.68. The molecule has 0 aliphatic rings. The fourth-order valence-electron chi connectivity index (χ4n) is 2.98. The van der Waals surface area contributed by atoms with Crippen molar-refractivity contribution in [3.8, 4) is 22.6 Å². The molecular formula is C22H23ClN2O2. The molecule has 3 N–H and O–H groups in total. The van der Waals surface area contributed by atoms with Crippen LogP contribution in [0.3, 0.4) is 0 Å². The summed E-state index contributed by atoms with van der Waals surface area (Å²) in [6.07, 6.45) is 3.67. The van der Waals surface area contributed by atoms with E-state index in [1.54, 1.807) is 18.5 Å². The number of aromatic nitrogens is 1.